The topological polar surface area (TPSA) is 107 Å². The maximum Gasteiger partial charge on any atom is 0.305 e. The molecule has 0 heterocycles. The first-order chi connectivity index (χ1) is 9.79. The number of nitrogens with zero attached hydrogens (tertiary/aromatic N) is 2. The molecule has 1 unspecified atom stereocenters. The molecule has 2 N–H and O–H groups in total. The van der Waals surface area contributed by atoms with Crippen LogP contribution in [-0.2, 0) is 19.2 Å². The van der Waals surface area contributed by atoms with Gasteiger partial charge in [0.05, 0.1) is 12.5 Å². The molecular weight excluding hydrogens is 535 g/mol. The number of carbonyl (C=O) groups is 3. The third-order valence-electron chi connectivity index (χ3n) is 3.06. The summed E-state index contributed by atoms with van der Waals surface area (Å²) in [7, 11) is 3.00. The molecule has 8 nitrogen and oxygen atoms in total. The van der Waals surface area contributed by atoms with Gasteiger partial charge in [-0.3, -0.25) is 14.4 Å². The van der Waals surface area contributed by atoms with Crippen molar-refractivity contribution in [3.8, 4) is 0 Å². The normalized spacial score (nSPS) is 10.9. The molecule has 3 amide bonds. The fraction of sp³-hybridized carbons (Fsp3) is 0.692. The number of rotatable bonds is 10. The van der Waals surface area contributed by atoms with Gasteiger partial charge in [0.1, 0.15) is 0 Å². The van der Waals surface area contributed by atoms with Crippen molar-refractivity contribution in [3.63, 3.8) is 0 Å². The summed E-state index contributed by atoms with van der Waals surface area (Å²) in [5, 5.41) is 11.1. The number of nitrogens with one attached hydrogen (secondary N) is 1. The van der Waals surface area contributed by atoms with Crippen LogP contribution in [0.5, 0.6) is 0 Å². The molecule has 1 atom stereocenters. The van der Waals surface area contributed by atoms with Crippen LogP contribution < -0.4 is 5.32 Å². The summed E-state index contributed by atoms with van der Waals surface area (Å²) in [6.07, 6.45) is 2.18. The van der Waals surface area contributed by atoms with Crippen LogP contribution in [0.1, 0.15) is 26.2 Å². The van der Waals surface area contributed by atoms with Gasteiger partial charge in [-0.1, -0.05) is 0 Å². The van der Waals surface area contributed by atoms with Gasteiger partial charge >= 0.3 is 5.97 Å². The van der Waals surface area contributed by atoms with Crippen LogP contribution in [0.25, 0.3) is 0 Å². The molecule has 0 aromatic rings. The third-order valence-corrected chi connectivity index (χ3v) is 3.06. The van der Waals surface area contributed by atoms with Crippen molar-refractivity contribution in [3.05, 3.63) is 0 Å². The minimum atomic E-state index is -0.952. The van der Waals surface area contributed by atoms with E-state index < -0.39 is 12.0 Å². The van der Waals surface area contributed by atoms with E-state index in [0.717, 1.165) is 4.90 Å². The molecule has 22 heavy (non-hydrogen) atoms. The molecule has 0 aliphatic carbocycles. The molecule has 0 bridgehead atoms. The van der Waals surface area contributed by atoms with Crippen molar-refractivity contribution in [2.24, 2.45) is 0 Å². The fourth-order valence-electron chi connectivity index (χ4n) is 1.43. The average molecular weight is 557 g/mol. The first kappa shape index (κ1) is 21.2. The molecule has 0 aliphatic rings. The van der Waals surface area contributed by atoms with Crippen LogP contribution in [0.2, 0.25) is 0 Å². The maximum atomic E-state index is 11.6. The molecule has 132 valence electrons. The Bertz CT molecular complexity index is 392. The number of likely N-dealkylation sites (N-methyl/N-ethyl adjacent to an activating group) is 1. The Hall–Kier alpha value is -3.12. The molecule has 0 aliphatic heterocycles. The smallest absolute Gasteiger partial charge is 0.305 e. The van der Waals surface area contributed by atoms with Crippen LogP contribution >= 0.6 is 0 Å². The number of aliphatic carboxylic acids is 1. The molecule has 9 heteroatoms. The van der Waals surface area contributed by atoms with E-state index in [1.54, 1.807) is 20.4 Å². The predicted octanol–water partition coefficient (Wildman–Crippen LogP) is -0.797. The second-order valence-corrected chi connectivity index (χ2v) is 4.73. The third kappa shape index (κ3) is 8.13. The molecular formula is C13H22FmN3O5-. The van der Waals surface area contributed by atoms with Crippen LogP contribution in [0.15, 0.2) is 0 Å². The number of amides is 3. The van der Waals surface area contributed by atoms with Crippen LogP contribution in [0.4, 0.5) is 0 Å². The first-order valence-electron chi connectivity index (χ1n) is 6.63. The van der Waals surface area contributed by atoms with Gasteiger partial charge in [0.25, 0.3) is 0 Å². The van der Waals surface area contributed by atoms with Crippen LogP contribution in [0.3, 0.4) is 0 Å². The number of hydrogen-bond donors (Lipinski definition) is 2. The van der Waals surface area contributed by atoms with Crippen LogP contribution in [0, 0.1) is 0 Å². The van der Waals surface area contributed by atoms with Gasteiger partial charge in [0.2, 0.25) is 11.8 Å². The quantitative estimate of drug-likeness (QED) is 0.208. The zero-order chi connectivity index (χ0) is 16.4. The van der Waals surface area contributed by atoms with E-state index in [-0.39, 0.29) is 31.2 Å². The molecule has 0 fully saturated rings. The number of carboxylic acids is 1. The standard InChI is InChI=1S/C13H22N3O5.Fm/c1-10(16(3)9-17)13(21)14-7-4-5-11(18)15(2)8-6-12(19)20;/h10H,4-8H2,1-3H3,(H,14,21)(H,19,20);/q-1;. The Kier molecular flexibility index (Phi) is 10.2. The summed E-state index contributed by atoms with van der Waals surface area (Å²) in [4.78, 5) is 46.5. The van der Waals surface area contributed by atoms with Gasteiger partial charge in [-0.25, -0.2) is 0 Å². The minimum Gasteiger partial charge on any atom is -0.520 e. The van der Waals surface area contributed by atoms with Gasteiger partial charge in [-0.2, -0.15) is 6.41 Å². The average Bonchev–Trinajstić information content (AvgIpc) is 2.46. The van der Waals surface area contributed by atoms with Crippen molar-refractivity contribution in [2.75, 3.05) is 27.2 Å². The van der Waals surface area contributed by atoms with E-state index in [0.29, 0.717) is 13.0 Å². The second kappa shape index (κ2) is 10.6. The van der Waals surface area contributed by atoms with Crippen molar-refractivity contribution >= 4 is 24.2 Å². The molecule has 0 saturated carbocycles. The van der Waals surface area contributed by atoms with E-state index in [4.69, 9.17) is 5.11 Å². The molecule has 0 spiro atoms. The number of carboxylic acid groups (broad SMARTS) is 1. The van der Waals surface area contributed by atoms with E-state index in [1.165, 1.54) is 11.9 Å². The Balaban J connectivity index is 0. The fourth-order valence-corrected chi connectivity index (χ4v) is 1.43. The zero-order valence-electron chi connectivity index (χ0n) is 12.9. The van der Waals surface area contributed by atoms with Gasteiger partial charge in [0, 0.05) is 26.6 Å². The summed E-state index contributed by atoms with van der Waals surface area (Å²) >= 11 is 0. The number of hydrogen-bond acceptors (Lipinski definition) is 4. The van der Waals surface area contributed by atoms with E-state index >= 15 is 0 Å². The Morgan fingerprint density at radius 1 is 1.23 bits per heavy atom. The molecule has 0 saturated heterocycles. The molecule has 0 aromatic carbocycles. The number of carbonyl (C=O) groups excluding carboxylic acids is 3. The van der Waals surface area contributed by atoms with Crippen LogP contribution in [-0.4, -0.2) is 72.3 Å². The SMILES string of the molecule is CC(C(=O)NCCCC(=O)N(C)CCC(=O)O)N(C)[C-]=O.[Fm]. The largest absolute Gasteiger partial charge is 0.520 e. The van der Waals surface area contributed by atoms with Crippen molar-refractivity contribution in [2.45, 2.75) is 32.2 Å². The van der Waals surface area contributed by atoms with E-state index in [1.807, 2.05) is 0 Å². The second-order valence-electron chi connectivity index (χ2n) is 4.73. The Labute approximate surface area is 124 Å². The van der Waals surface area contributed by atoms with Gasteiger partial charge in [0.15, 0.2) is 0 Å². The van der Waals surface area contributed by atoms with E-state index in [2.05, 4.69) is 5.32 Å². The monoisotopic (exact) mass is 557 g/mol. The van der Waals surface area contributed by atoms with Crippen molar-refractivity contribution < 1.29 is 24.3 Å². The Morgan fingerprint density at radius 3 is 2.32 bits per heavy atom. The molecule has 0 radical (unpaired) electrons. The van der Waals surface area contributed by atoms with Gasteiger partial charge in [-0.05, 0) is 20.4 Å². The summed E-state index contributed by atoms with van der Waals surface area (Å²) in [6.45, 7) is 2.05. The zero-order valence-corrected chi connectivity index (χ0v) is 15.3. The van der Waals surface area contributed by atoms with Crippen molar-refractivity contribution in [1.29, 1.82) is 0 Å². The van der Waals surface area contributed by atoms with E-state index in [9.17, 15) is 19.2 Å². The molecule has 0 aromatic heterocycles. The summed E-state index contributed by atoms with van der Waals surface area (Å²) < 4.78 is 0. The maximum absolute atomic E-state index is 11.6. The predicted molar refractivity (Wildman–Crippen MR) is 75.1 cm³/mol. The summed E-state index contributed by atoms with van der Waals surface area (Å²) in [5.41, 5.74) is 0. The van der Waals surface area contributed by atoms with Gasteiger partial charge < -0.3 is 25.0 Å². The first-order valence-corrected chi connectivity index (χ1v) is 6.63. The molecule has 0 rings (SSSR count). The Morgan fingerprint density at radius 2 is 1.82 bits per heavy atom. The van der Waals surface area contributed by atoms with Crippen molar-refractivity contribution in [1.82, 2.24) is 15.1 Å². The summed E-state index contributed by atoms with van der Waals surface area (Å²) in [5.74, 6) is -1.43. The minimum absolute atomic E-state index is 0. The van der Waals surface area contributed by atoms with Gasteiger partial charge in [-0.15, -0.1) is 0 Å². The summed E-state index contributed by atoms with van der Waals surface area (Å²) in [6, 6.07) is -0.614.